The van der Waals surface area contributed by atoms with Crippen LogP contribution >= 0.6 is 22.9 Å². The number of thiophene rings is 1. The number of pyridine rings is 2. The van der Waals surface area contributed by atoms with Gasteiger partial charge < -0.3 is 5.32 Å². The third-order valence-corrected chi connectivity index (χ3v) is 5.97. The Balaban J connectivity index is 1.74. The van der Waals surface area contributed by atoms with Gasteiger partial charge in [0.2, 0.25) is 0 Å². The van der Waals surface area contributed by atoms with Gasteiger partial charge in [0.25, 0.3) is 5.91 Å². The van der Waals surface area contributed by atoms with Gasteiger partial charge in [0.15, 0.2) is 0 Å². The lowest BCUT2D eigenvalue weighted by Gasteiger charge is -2.10. The van der Waals surface area contributed by atoms with E-state index in [9.17, 15) is 4.79 Å². The summed E-state index contributed by atoms with van der Waals surface area (Å²) < 4.78 is 0. The molecule has 0 fully saturated rings. The maximum absolute atomic E-state index is 13.0. The van der Waals surface area contributed by atoms with Crippen LogP contribution in [-0.4, -0.2) is 15.9 Å². The number of nitrogens with zero attached hydrogens (tertiary/aromatic N) is 2. The van der Waals surface area contributed by atoms with Crippen molar-refractivity contribution in [3.05, 3.63) is 82.0 Å². The van der Waals surface area contributed by atoms with Gasteiger partial charge in [-0.1, -0.05) is 18.5 Å². The van der Waals surface area contributed by atoms with E-state index in [2.05, 4.69) is 29.4 Å². The average molecular weight is 408 g/mol. The molecule has 0 saturated heterocycles. The third kappa shape index (κ3) is 3.91. The Morgan fingerprint density at radius 2 is 1.93 bits per heavy atom. The molecule has 1 aromatic carbocycles. The van der Waals surface area contributed by atoms with E-state index in [0.29, 0.717) is 17.1 Å². The molecule has 4 nitrogen and oxygen atoms in total. The number of halogens is 1. The van der Waals surface area contributed by atoms with Crippen molar-refractivity contribution in [2.24, 2.45) is 0 Å². The first-order valence-electron chi connectivity index (χ1n) is 9.00. The van der Waals surface area contributed by atoms with Crippen LogP contribution in [-0.2, 0) is 13.0 Å². The first kappa shape index (κ1) is 18.6. The molecule has 4 aromatic rings. The van der Waals surface area contributed by atoms with Crippen LogP contribution in [0.5, 0.6) is 0 Å². The minimum atomic E-state index is -0.153. The average Bonchev–Trinajstić information content (AvgIpc) is 3.21. The number of carbonyl (C=O) groups excluding carboxylic acids is 1. The summed E-state index contributed by atoms with van der Waals surface area (Å²) in [5.74, 6) is -0.153. The van der Waals surface area contributed by atoms with Crippen molar-refractivity contribution in [3.63, 3.8) is 0 Å². The molecule has 0 aliphatic rings. The zero-order valence-corrected chi connectivity index (χ0v) is 16.8. The van der Waals surface area contributed by atoms with Gasteiger partial charge in [-0.25, -0.2) is 4.98 Å². The van der Waals surface area contributed by atoms with Crippen LogP contribution in [0.3, 0.4) is 0 Å². The van der Waals surface area contributed by atoms with Crippen LogP contribution in [0.1, 0.15) is 27.7 Å². The van der Waals surface area contributed by atoms with Crippen LogP contribution in [0, 0.1) is 0 Å². The molecule has 0 radical (unpaired) electrons. The molecule has 0 bridgehead atoms. The molecule has 0 atom stereocenters. The number of hydrogen-bond acceptors (Lipinski definition) is 4. The van der Waals surface area contributed by atoms with E-state index in [0.717, 1.165) is 33.5 Å². The number of benzene rings is 1. The summed E-state index contributed by atoms with van der Waals surface area (Å²) >= 11 is 7.88. The second kappa shape index (κ2) is 8.09. The highest BCUT2D eigenvalue weighted by Crippen LogP contribution is 2.31. The zero-order chi connectivity index (χ0) is 19.5. The van der Waals surface area contributed by atoms with Crippen LogP contribution in [0.2, 0.25) is 5.02 Å². The minimum Gasteiger partial charge on any atom is -0.348 e. The standard InChI is InChI=1S/C22H18ClN3OS/c1-2-16-4-6-21(28-16)20-12-18(17-11-15(23)3-5-19(17)26-20)22(27)25-13-14-7-9-24-10-8-14/h3-12H,2,13H2,1H3,(H,25,27). The molecule has 28 heavy (non-hydrogen) atoms. The number of nitrogens with one attached hydrogen (secondary N) is 1. The highest BCUT2D eigenvalue weighted by Gasteiger charge is 2.15. The number of amides is 1. The topological polar surface area (TPSA) is 54.9 Å². The lowest BCUT2D eigenvalue weighted by atomic mass is 10.1. The fourth-order valence-electron chi connectivity index (χ4n) is 3.00. The Labute approximate surface area is 172 Å². The Bertz CT molecular complexity index is 1140. The van der Waals surface area contributed by atoms with Gasteiger partial charge in [0.05, 0.1) is 21.7 Å². The van der Waals surface area contributed by atoms with Gasteiger partial charge in [0, 0.05) is 34.2 Å². The first-order valence-corrected chi connectivity index (χ1v) is 10.2. The monoisotopic (exact) mass is 407 g/mol. The molecular formula is C22H18ClN3OS. The van der Waals surface area contributed by atoms with E-state index in [1.54, 1.807) is 35.9 Å². The second-order valence-corrected chi connectivity index (χ2v) is 7.98. The van der Waals surface area contributed by atoms with Crippen molar-refractivity contribution < 1.29 is 4.79 Å². The molecule has 0 saturated carbocycles. The van der Waals surface area contributed by atoms with E-state index in [4.69, 9.17) is 16.6 Å². The van der Waals surface area contributed by atoms with Crippen LogP contribution in [0.15, 0.2) is 60.9 Å². The van der Waals surface area contributed by atoms with Crippen LogP contribution in [0.25, 0.3) is 21.5 Å². The van der Waals surface area contributed by atoms with Crippen LogP contribution < -0.4 is 5.32 Å². The molecule has 1 amide bonds. The summed E-state index contributed by atoms with van der Waals surface area (Å²) in [5.41, 5.74) is 3.12. The first-order chi connectivity index (χ1) is 13.6. The summed E-state index contributed by atoms with van der Waals surface area (Å²) in [6.07, 6.45) is 4.40. The summed E-state index contributed by atoms with van der Waals surface area (Å²) in [7, 11) is 0. The summed E-state index contributed by atoms with van der Waals surface area (Å²) in [6, 6.07) is 15.2. The van der Waals surface area contributed by atoms with Gasteiger partial charge in [0.1, 0.15) is 0 Å². The maximum Gasteiger partial charge on any atom is 0.252 e. The second-order valence-electron chi connectivity index (χ2n) is 6.37. The molecular weight excluding hydrogens is 390 g/mol. The lowest BCUT2D eigenvalue weighted by molar-refractivity contribution is 0.0952. The fourth-order valence-corrected chi connectivity index (χ4v) is 4.08. The van der Waals surface area contributed by atoms with Crippen molar-refractivity contribution in [2.45, 2.75) is 19.9 Å². The smallest absolute Gasteiger partial charge is 0.252 e. The van der Waals surface area contributed by atoms with Crippen molar-refractivity contribution in [2.75, 3.05) is 0 Å². The predicted octanol–water partition coefficient (Wildman–Crippen LogP) is 5.50. The molecule has 1 N–H and O–H groups in total. The van der Waals surface area contributed by atoms with Gasteiger partial charge in [-0.2, -0.15) is 0 Å². The molecule has 0 aliphatic carbocycles. The number of aromatic nitrogens is 2. The summed E-state index contributed by atoms with van der Waals surface area (Å²) in [4.78, 5) is 24.1. The number of aryl methyl sites for hydroxylation is 1. The third-order valence-electron chi connectivity index (χ3n) is 4.48. The van der Waals surface area contributed by atoms with Gasteiger partial charge >= 0.3 is 0 Å². The molecule has 4 rings (SSSR count). The lowest BCUT2D eigenvalue weighted by Crippen LogP contribution is -2.23. The molecule has 3 aromatic heterocycles. The van der Waals surface area contributed by atoms with Gasteiger partial charge in [-0.15, -0.1) is 11.3 Å². The van der Waals surface area contributed by atoms with E-state index in [-0.39, 0.29) is 5.91 Å². The minimum absolute atomic E-state index is 0.153. The number of hydrogen-bond donors (Lipinski definition) is 1. The number of rotatable bonds is 5. The molecule has 140 valence electrons. The fraction of sp³-hybridized carbons (Fsp3) is 0.136. The van der Waals surface area contributed by atoms with Crippen LogP contribution in [0.4, 0.5) is 0 Å². The van der Waals surface area contributed by atoms with Gasteiger partial charge in [-0.05, 0) is 60.5 Å². The summed E-state index contributed by atoms with van der Waals surface area (Å²) in [6.45, 7) is 2.56. The van der Waals surface area contributed by atoms with E-state index < -0.39 is 0 Å². The van der Waals surface area contributed by atoms with Crippen molar-refractivity contribution in [3.8, 4) is 10.6 Å². The Morgan fingerprint density at radius 1 is 1.11 bits per heavy atom. The highest BCUT2D eigenvalue weighted by atomic mass is 35.5. The molecule has 0 spiro atoms. The zero-order valence-electron chi connectivity index (χ0n) is 15.3. The predicted molar refractivity (Wildman–Crippen MR) is 115 cm³/mol. The number of carbonyl (C=O) groups is 1. The van der Waals surface area contributed by atoms with Gasteiger partial charge in [-0.3, -0.25) is 9.78 Å². The molecule has 0 aliphatic heterocycles. The quantitative estimate of drug-likeness (QED) is 0.475. The van der Waals surface area contributed by atoms with E-state index in [1.807, 2.05) is 24.3 Å². The molecule has 0 unspecified atom stereocenters. The maximum atomic E-state index is 13.0. The normalized spacial score (nSPS) is 10.9. The number of fused-ring (bicyclic) bond motifs is 1. The Morgan fingerprint density at radius 3 is 2.68 bits per heavy atom. The highest BCUT2D eigenvalue weighted by molar-refractivity contribution is 7.15. The molecule has 6 heteroatoms. The van der Waals surface area contributed by atoms with Crippen molar-refractivity contribution in [1.29, 1.82) is 0 Å². The Kier molecular flexibility index (Phi) is 5.37. The SMILES string of the molecule is CCc1ccc(-c2cc(C(=O)NCc3ccncc3)c3cc(Cl)ccc3n2)s1. The van der Waals surface area contributed by atoms with Crippen molar-refractivity contribution in [1.82, 2.24) is 15.3 Å². The Hall–Kier alpha value is -2.76. The largest absolute Gasteiger partial charge is 0.348 e. The summed E-state index contributed by atoms with van der Waals surface area (Å²) in [5, 5.41) is 4.31. The van der Waals surface area contributed by atoms with E-state index in [1.165, 1.54) is 4.88 Å². The van der Waals surface area contributed by atoms with E-state index >= 15 is 0 Å². The van der Waals surface area contributed by atoms with Crippen molar-refractivity contribution >= 4 is 39.7 Å². The molecule has 3 heterocycles.